The van der Waals surface area contributed by atoms with Crippen LogP contribution in [0.25, 0.3) is 0 Å². The van der Waals surface area contributed by atoms with Crippen LogP contribution in [0.3, 0.4) is 0 Å². The lowest BCUT2D eigenvalue weighted by Crippen LogP contribution is -2.14. The van der Waals surface area contributed by atoms with Crippen molar-refractivity contribution in [3.8, 4) is 0 Å². The van der Waals surface area contributed by atoms with Gasteiger partial charge in [-0.3, -0.25) is 9.97 Å². The van der Waals surface area contributed by atoms with Gasteiger partial charge in [0.1, 0.15) is 4.64 Å². The molecule has 1 atom stereocenters. The summed E-state index contributed by atoms with van der Waals surface area (Å²) < 4.78 is 0.686. The maximum Gasteiger partial charge on any atom is 0.122 e. The Morgan fingerprint density at radius 3 is 3.18 bits per heavy atom. The monoisotopic (exact) mass is 243 g/mol. The lowest BCUT2D eigenvalue weighted by atomic mass is 9.85. The number of fused-ring (bicyclic) bond motifs is 1. The van der Waals surface area contributed by atoms with Gasteiger partial charge in [0.05, 0.1) is 11.9 Å². The molecule has 86 valence electrons. The van der Waals surface area contributed by atoms with Gasteiger partial charge in [-0.25, -0.2) is 0 Å². The van der Waals surface area contributed by atoms with Crippen LogP contribution in [0.15, 0.2) is 30.7 Å². The average molecular weight is 243 g/mol. The third-order valence-corrected chi connectivity index (χ3v) is 3.45. The number of nitrogens with one attached hydrogen (secondary N) is 1. The molecular formula is C13H13N3S. The normalized spacial score (nSPS) is 18.7. The third kappa shape index (κ3) is 2.00. The molecule has 1 aliphatic carbocycles. The summed E-state index contributed by atoms with van der Waals surface area (Å²) in [5, 5.41) is 0. The van der Waals surface area contributed by atoms with Crippen molar-refractivity contribution >= 4 is 12.2 Å². The van der Waals surface area contributed by atoms with Gasteiger partial charge in [0.15, 0.2) is 0 Å². The quantitative estimate of drug-likeness (QED) is 0.783. The first kappa shape index (κ1) is 10.6. The van der Waals surface area contributed by atoms with Crippen molar-refractivity contribution in [2.24, 2.45) is 0 Å². The summed E-state index contributed by atoms with van der Waals surface area (Å²) in [5.74, 6) is 0.315. The molecule has 0 spiro atoms. The Kier molecular flexibility index (Phi) is 2.73. The van der Waals surface area contributed by atoms with E-state index in [-0.39, 0.29) is 0 Å². The van der Waals surface area contributed by atoms with E-state index in [4.69, 9.17) is 12.2 Å². The van der Waals surface area contributed by atoms with Crippen LogP contribution in [0.1, 0.15) is 35.7 Å². The van der Waals surface area contributed by atoms with Crippen LogP contribution in [0.4, 0.5) is 0 Å². The Morgan fingerprint density at radius 2 is 2.29 bits per heavy atom. The van der Waals surface area contributed by atoms with Crippen LogP contribution in [0.5, 0.6) is 0 Å². The van der Waals surface area contributed by atoms with Crippen LogP contribution in [0.2, 0.25) is 0 Å². The zero-order valence-electron chi connectivity index (χ0n) is 9.39. The van der Waals surface area contributed by atoms with E-state index in [1.165, 1.54) is 17.7 Å². The summed E-state index contributed by atoms with van der Waals surface area (Å²) in [5.41, 5.74) is 3.61. The second-order valence-corrected chi connectivity index (χ2v) is 4.78. The largest absolute Gasteiger partial charge is 0.347 e. The minimum Gasteiger partial charge on any atom is -0.347 e. The minimum atomic E-state index is 0.315. The Bertz CT molecular complexity index is 591. The fourth-order valence-electron chi connectivity index (χ4n) is 2.48. The summed E-state index contributed by atoms with van der Waals surface area (Å²) in [7, 11) is 0. The summed E-state index contributed by atoms with van der Waals surface area (Å²) in [4.78, 5) is 11.9. The van der Waals surface area contributed by atoms with Crippen molar-refractivity contribution in [3.63, 3.8) is 0 Å². The molecule has 0 saturated heterocycles. The zero-order valence-corrected chi connectivity index (χ0v) is 10.2. The standard InChI is InChI=1S/C13H13N3S/c17-12-8-14-7-11(16-12)10-5-1-3-9-4-2-6-15-13(9)10/h2,4,6-8,10H,1,3,5H2,(H,16,17). The first-order valence-electron chi connectivity index (χ1n) is 5.82. The molecule has 0 aliphatic heterocycles. The van der Waals surface area contributed by atoms with Gasteiger partial charge < -0.3 is 4.98 Å². The number of aryl methyl sites for hydroxylation is 1. The van der Waals surface area contributed by atoms with Gasteiger partial charge in [0, 0.05) is 24.0 Å². The first-order chi connectivity index (χ1) is 8.34. The molecule has 0 amide bonds. The van der Waals surface area contributed by atoms with Crippen LogP contribution >= 0.6 is 12.2 Å². The molecule has 2 aromatic heterocycles. The number of pyridine rings is 1. The highest BCUT2D eigenvalue weighted by Gasteiger charge is 2.23. The molecule has 0 aromatic carbocycles. The molecule has 0 radical (unpaired) electrons. The van der Waals surface area contributed by atoms with Crippen LogP contribution in [0, 0.1) is 4.64 Å². The number of hydrogen-bond acceptors (Lipinski definition) is 3. The smallest absolute Gasteiger partial charge is 0.122 e. The Morgan fingerprint density at radius 1 is 1.35 bits per heavy atom. The molecular weight excluding hydrogens is 230 g/mol. The van der Waals surface area contributed by atoms with E-state index in [2.05, 4.69) is 21.0 Å². The van der Waals surface area contributed by atoms with Crippen molar-refractivity contribution in [1.82, 2.24) is 15.0 Å². The first-order valence-corrected chi connectivity index (χ1v) is 6.23. The Balaban J connectivity index is 2.09. The summed E-state index contributed by atoms with van der Waals surface area (Å²) in [6.45, 7) is 0. The van der Waals surface area contributed by atoms with E-state index < -0.39 is 0 Å². The van der Waals surface area contributed by atoms with Crippen molar-refractivity contribution < 1.29 is 0 Å². The summed E-state index contributed by atoms with van der Waals surface area (Å²) in [6, 6.07) is 4.17. The molecule has 1 N–H and O–H groups in total. The summed E-state index contributed by atoms with van der Waals surface area (Å²) in [6.07, 6.45) is 8.83. The number of nitrogens with zero attached hydrogens (tertiary/aromatic N) is 2. The van der Waals surface area contributed by atoms with E-state index in [1.807, 2.05) is 18.5 Å². The second-order valence-electron chi connectivity index (χ2n) is 4.34. The van der Waals surface area contributed by atoms with Gasteiger partial charge in [0.2, 0.25) is 0 Å². The topological polar surface area (TPSA) is 41.6 Å². The number of aromatic amines is 1. The molecule has 1 aliphatic rings. The van der Waals surface area contributed by atoms with Crippen LogP contribution in [-0.4, -0.2) is 15.0 Å². The highest BCUT2D eigenvalue weighted by Crippen LogP contribution is 2.33. The highest BCUT2D eigenvalue weighted by molar-refractivity contribution is 7.71. The van der Waals surface area contributed by atoms with Crippen molar-refractivity contribution in [2.45, 2.75) is 25.2 Å². The summed E-state index contributed by atoms with van der Waals surface area (Å²) >= 11 is 5.13. The SMILES string of the molecule is S=c1cncc(C2CCCc3cccnc32)[nH]1. The molecule has 17 heavy (non-hydrogen) atoms. The highest BCUT2D eigenvalue weighted by atomic mass is 32.1. The minimum absolute atomic E-state index is 0.315. The maximum atomic E-state index is 5.13. The molecule has 2 heterocycles. The Hall–Kier alpha value is -1.55. The number of hydrogen-bond donors (Lipinski definition) is 1. The molecule has 0 fully saturated rings. The lowest BCUT2D eigenvalue weighted by Gasteiger charge is -2.23. The number of aromatic nitrogens is 3. The van der Waals surface area contributed by atoms with E-state index in [0.29, 0.717) is 10.6 Å². The second kappa shape index (κ2) is 4.37. The molecule has 3 rings (SSSR count). The molecule has 3 nitrogen and oxygen atoms in total. The van der Waals surface area contributed by atoms with Crippen molar-refractivity contribution in [3.05, 3.63) is 52.3 Å². The fourth-order valence-corrected chi connectivity index (χ4v) is 2.66. The third-order valence-electron chi connectivity index (χ3n) is 3.24. The molecule has 1 unspecified atom stereocenters. The number of H-pyrrole nitrogens is 1. The van der Waals surface area contributed by atoms with Gasteiger partial charge in [-0.1, -0.05) is 18.3 Å². The molecule has 0 bridgehead atoms. The van der Waals surface area contributed by atoms with Gasteiger partial charge in [-0.15, -0.1) is 0 Å². The molecule has 2 aromatic rings. The van der Waals surface area contributed by atoms with E-state index in [1.54, 1.807) is 6.20 Å². The Labute approximate surface area is 105 Å². The average Bonchev–Trinajstić information content (AvgIpc) is 2.38. The zero-order chi connectivity index (χ0) is 11.7. The fraction of sp³-hybridized carbons (Fsp3) is 0.308. The molecule has 4 heteroatoms. The van der Waals surface area contributed by atoms with E-state index >= 15 is 0 Å². The van der Waals surface area contributed by atoms with Gasteiger partial charge in [-0.05, 0) is 30.9 Å². The van der Waals surface area contributed by atoms with Crippen molar-refractivity contribution in [1.29, 1.82) is 0 Å². The molecule has 0 saturated carbocycles. The van der Waals surface area contributed by atoms with Gasteiger partial charge in [0.25, 0.3) is 0 Å². The van der Waals surface area contributed by atoms with Crippen molar-refractivity contribution in [2.75, 3.05) is 0 Å². The number of rotatable bonds is 1. The predicted octanol–water partition coefficient (Wildman–Crippen LogP) is 3.00. The lowest BCUT2D eigenvalue weighted by molar-refractivity contribution is 0.585. The van der Waals surface area contributed by atoms with Crippen LogP contribution < -0.4 is 0 Å². The van der Waals surface area contributed by atoms with E-state index in [9.17, 15) is 0 Å². The predicted molar refractivity (Wildman–Crippen MR) is 68.4 cm³/mol. The van der Waals surface area contributed by atoms with Gasteiger partial charge in [-0.2, -0.15) is 0 Å². The van der Waals surface area contributed by atoms with Gasteiger partial charge >= 0.3 is 0 Å². The van der Waals surface area contributed by atoms with Crippen LogP contribution in [-0.2, 0) is 6.42 Å². The maximum absolute atomic E-state index is 5.13. The van der Waals surface area contributed by atoms with E-state index in [0.717, 1.165) is 18.5 Å².